The smallest absolute Gasteiger partial charge is 0.224 e. The van der Waals surface area contributed by atoms with E-state index in [1.54, 1.807) is 0 Å². The third-order valence-corrected chi connectivity index (χ3v) is 6.16. The Hall–Kier alpha value is -0.640. The zero-order chi connectivity index (χ0) is 25.4. The molecule has 11 N–H and O–H groups in total. The predicted molar refractivity (Wildman–Crippen MR) is 101 cm³/mol. The van der Waals surface area contributed by atoms with Crippen molar-refractivity contribution in [2.24, 2.45) is 0 Å². The largest absolute Gasteiger partial charge is 0.394 e. The molecule has 34 heavy (non-hydrogen) atoms. The SMILES string of the molecule is OC[C@H]1O[C@H](OC[C@H]2O[C@H](O[C@]3(CO)O[C@H](CO)[C@@H](O)[C@@H]3O)[C@H](O)[C@@H](O)[C@@H]2O)[C@@H](O)[C@@H](O)[C@H]1O. The van der Waals surface area contributed by atoms with Crippen LogP contribution < -0.4 is 0 Å². The van der Waals surface area contributed by atoms with Gasteiger partial charge in [0.2, 0.25) is 5.79 Å². The highest BCUT2D eigenvalue weighted by atomic mass is 16.8. The second-order valence-electron chi connectivity index (χ2n) is 8.41. The first-order valence-corrected chi connectivity index (χ1v) is 10.6. The van der Waals surface area contributed by atoms with E-state index in [0.29, 0.717) is 0 Å². The van der Waals surface area contributed by atoms with Crippen LogP contribution in [0.1, 0.15) is 0 Å². The van der Waals surface area contributed by atoms with Crippen molar-refractivity contribution in [3.63, 3.8) is 0 Å². The lowest BCUT2D eigenvalue weighted by molar-refractivity contribution is -0.388. The van der Waals surface area contributed by atoms with Gasteiger partial charge in [-0.25, -0.2) is 0 Å². The topological polar surface area (TPSA) is 269 Å². The molecular formula is C18H32O16. The molecule has 3 fully saturated rings. The first-order chi connectivity index (χ1) is 16.0. The molecule has 0 aromatic heterocycles. The summed E-state index contributed by atoms with van der Waals surface area (Å²) in [6.45, 7) is -3.14. The van der Waals surface area contributed by atoms with E-state index in [2.05, 4.69) is 0 Å². The van der Waals surface area contributed by atoms with Crippen LogP contribution in [0.2, 0.25) is 0 Å². The van der Waals surface area contributed by atoms with Gasteiger partial charge < -0.3 is 79.9 Å². The van der Waals surface area contributed by atoms with E-state index in [1.807, 2.05) is 0 Å². The fraction of sp³-hybridized carbons (Fsp3) is 1.00. The van der Waals surface area contributed by atoms with E-state index in [0.717, 1.165) is 0 Å². The van der Waals surface area contributed by atoms with Crippen LogP contribution in [0.15, 0.2) is 0 Å². The van der Waals surface area contributed by atoms with Crippen LogP contribution in [0.3, 0.4) is 0 Å². The third kappa shape index (κ3) is 5.09. The number of aliphatic hydroxyl groups excluding tert-OH is 11. The summed E-state index contributed by atoms with van der Waals surface area (Å²) in [7, 11) is 0. The summed E-state index contributed by atoms with van der Waals surface area (Å²) in [4.78, 5) is 0. The van der Waals surface area contributed by atoms with Crippen molar-refractivity contribution in [3.8, 4) is 0 Å². The molecule has 0 aliphatic carbocycles. The first-order valence-electron chi connectivity index (χ1n) is 10.6. The van der Waals surface area contributed by atoms with E-state index >= 15 is 0 Å². The van der Waals surface area contributed by atoms with E-state index in [1.165, 1.54) is 0 Å². The molecule has 0 radical (unpaired) electrons. The van der Waals surface area contributed by atoms with Crippen molar-refractivity contribution in [1.29, 1.82) is 0 Å². The van der Waals surface area contributed by atoms with Crippen LogP contribution in [0.5, 0.6) is 0 Å². The van der Waals surface area contributed by atoms with Gasteiger partial charge in [-0.2, -0.15) is 0 Å². The minimum Gasteiger partial charge on any atom is -0.394 e. The van der Waals surface area contributed by atoms with Crippen LogP contribution >= 0.6 is 0 Å². The molecule has 0 bridgehead atoms. The van der Waals surface area contributed by atoms with Gasteiger partial charge >= 0.3 is 0 Å². The molecule has 3 saturated heterocycles. The maximum atomic E-state index is 10.3. The molecule has 0 unspecified atom stereocenters. The van der Waals surface area contributed by atoms with Crippen LogP contribution in [0, 0.1) is 0 Å². The summed E-state index contributed by atoms with van der Waals surface area (Å²) < 4.78 is 26.4. The van der Waals surface area contributed by atoms with Gasteiger partial charge in [-0.3, -0.25) is 0 Å². The Morgan fingerprint density at radius 2 is 1.12 bits per heavy atom. The Morgan fingerprint density at radius 1 is 0.588 bits per heavy atom. The van der Waals surface area contributed by atoms with Gasteiger partial charge in [-0.1, -0.05) is 0 Å². The molecule has 3 heterocycles. The molecule has 16 nitrogen and oxygen atoms in total. The Balaban J connectivity index is 1.69. The molecular weight excluding hydrogens is 472 g/mol. The van der Waals surface area contributed by atoms with Crippen LogP contribution in [-0.4, -0.2) is 168 Å². The first kappa shape index (κ1) is 27.9. The summed E-state index contributed by atoms with van der Waals surface area (Å²) in [6, 6.07) is 0. The molecule has 16 heteroatoms. The van der Waals surface area contributed by atoms with Crippen molar-refractivity contribution in [1.82, 2.24) is 0 Å². The van der Waals surface area contributed by atoms with Crippen molar-refractivity contribution in [3.05, 3.63) is 0 Å². The fourth-order valence-corrected chi connectivity index (χ4v) is 4.01. The van der Waals surface area contributed by atoms with Crippen molar-refractivity contribution >= 4 is 0 Å². The lowest BCUT2D eigenvalue weighted by Crippen LogP contribution is -2.63. The number of rotatable bonds is 8. The Bertz CT molecular complexity index is 653. The summed E-state index contributed by atoms with van der Waals surface area (Å²) in [5.41, 5.74) is 0. The summed E-state index contributed by atoms with van der Waals surface area (Å²) >= 11 is 0. The quantitative estimate of drug-likeness (QED) is 0.146. The van der Waals surface area contributed by atoms with Gasteiger partial charge in [0.05, 0.1) is 19.8 Å². The average molecular weight is 504 g/mol. The third-order valence-electron chi connectivity index (χ3n) is 6.16. The molecule has 14 atom stereocenters. The van der Waals surface area contributed by atoms with Crippen LogP contribution in [0.4, 0.5) is 0 Å². The molecule has 3 rings (SSSR count). The number of aliphatic hydroxyl groups is 11. The molecule has 0 aromatic carbocycles. The maximum Gasteiger partial charge on any atom is 0.224 e. The highest BCUT2D eigenvalue weighted by Crippen LogP contribution is 2.36. The molecule has 0 amide bonds. The molecule has 0 spiro atoms. The summed E-state index contributed by atoms with van der Waals surface area (Å²) in [6.07, 6.45) is -21.8. The van der Waals surface area contributed by atoms with Crippen LogP contribution in [0.25, 0.3) is 0 Å². The Kier molecular flexibility index (Phi) is 9.18. The monoisotopic (exact) mass is 504 g/mol. The Labute approximate surface area is 192 Å². The van der Waals surface area contributed by atoms with E-state index in [4.69, 9.17) is 23.7 Å². The van der Waals surface area contributed by atoms with E-state index in [-0.39, 0.29) is 0 Å². The minimum atomic E-state index is -2.36. The van der Waals surface area contributed by atoms with Gasteiger partial charge in [0.1, 0.15) is 73.8 Å². The number of ether oxygens (including phenoxy) is 5. The normalized spacial score (nSPS) is 52.1. The zero-order valence-electron chi connectivity index (χ0n) is 17.8. The van der Waals surface area contributed by atoms with Gasteiger partial charge in [0.15, 0.2) is 12.6 Å². The maximum absolute atomic E-state index is 10.3. The predicted octanol–water partition coefficient (Wildman–Crippen LogP) is -7.57. The molecule has 0 aromatic rings. The number of hydrogen-bond acceptors (Lipinski definition) is 16. The van der Waals surface area contributed by atoms with Gasteiger partial charge in [0.25, 0.3) is 0 Å². The standard InChI is InChI=1S/C18H32O16/c19-1-5-8(22)11(25)13(27)16(31-5)30-3-7-9(23)12(26)14(28)17(32-7)34-18(4-21)15(29)10(24)6(2-20)33-18/h5-17,19-29H,1-4H2/t5-,6-,7-,8+,9-,10-,11+,12+,13+,14-,15+,16+,17-,18+/m1/s1. The second-order valence-corrected chi connectivity index (χ2v) is 8.41. The fourth-order valence-electron chi connectivity index (χ4n) is 4.01. The summed E-state index contributed by atoms with van der Waals surface area (Å²) in [5, 5.41) is 109. The molecule has 3 aliphatic heterocycles. The average Bonchev–Trinajstić information content (AvgIpc) is 3.08. The van der Waals surface area contributed by atoms with E-state index < -0.39 is 112 Å². The van der Waals surface area contributed by atoms with Crippen LogP contribution in [-0.2, 0) is 23.7 Å². The summed E-state index contributed by atoms with van der Waals surface area (Å²) in [5.74, 6) is -2.36. The Morgan fingerprint density at radius 3 is 1.65 bits per heavy atom. The molecule has 200 valence electrons. The lowest BCUT2D eigenvalue weighted by atomic mass is 9.98. The molecule has 3 aliphatic rings. The highest BCUT2D eigenvalue weighted by Gasteiger charge is 2.58. The van der Waals surface area contributed by atoms with Gasteiger partial charge in [-0.05, 0) is 0 Å². The zero-order valence-corrected chi connectivity index (χ0v) is 17.8. The van der Waals surface area contributed by atoms with Gasteiger partial charge in [-0.15, -0.1) is 0 Å². The minimum absolute atomic E-state index is 0.634. The number of hydrogen-bond donors (Lipinski definition) is 11. The second kappa shape index (κ2) is 11.2. The highest BCUT2D eigenvalue weighted by molar-refractivity contribution is 4.98. The van der Waals surface area contributed by atoms with E-state index in [9.17, 15) is 56.2 Å². The van der Waals surface area contributed by atoms with Crippen molar-refractivity contribution in [2.45, 2.75) is 85.5 Å². The van der Waals surface area contributed by atoms with Gasteiger partial charge in [0, 0.05) is 0 Å². The van der Waals surface area contributed by atoms with Crippen molar-refractivity contribution in [2.75, 3.05) is 26.4 Å². The lowest BCUT2D eigenvalue weighted by Gasteiger charge is -2.44. The van der Waals surface area contributed by atoms with Crippen molar-refractivity contribution < 1.29 is 79.9 Å². The molecule has 0 saturated carbocycles.